The molecule has 0 unspecified atom stereocenters. The van der Waals surface area contributed by atoms with Crippen LogP contribution in [-0.2, 0) is 9.59 Å². The lowest BCUT2D eigenvalue weighted by molar-refractivity contribution is -0.131. The number of carboxylic acid groups (broad SMARTS) is 1. The van der Waals surface area contributed by atoms with Crippen LogP contribution in [0.5, 0.6) is 0 Å². The van der Waals surface area contributed by atoms with Crippen LogP contribution < -0.4 is 10.6 Å². The van der Waals surface area contributed by atoms with Gasteiger partial charge in [-0.1, -0.05) is 26.2 Å². The molecule has 1 amide bonds. The number of carboxylic acids is 1. The number of aliphatic carboxylic acids is 1. The largest absolute Gasteiger partial charge is 0.478 e. The molecular weight excluding hydrogens is 320 g/mol. The predicted octanol–water partition coefficient (Wildman–Crippen LogP) is 2.46. The summed E-state index contributed by atoms with van der Waals surface area (Å²) in [6, 6.07) is -0.363. The second kappa shape index (κ2) is 9.76. The second-order valence-corrected chi connectivity index (χ2v) is 6.35. The van der Waals surface area contributed by atoms with E-state index < -0.39 is 5.97 Å². The molecular formula is C18H26N4O3. The standard InChI is InChI=1S/C18H26N4O3/c1-2-15(18(25)21-10-13-6-4-3-5-7-13)22-16-12-19-14(11-20-16)8-9-17(23)24/h8-9,11-13,15H,2-7,10H2,1H3,(H,20,22)(H,21,25)(H,23,24)/t15-/m1/s1. The smallest absolute Gasteiger partial charge is 0.328 e. The zero-order chi connectivity index (χ0) is 18.1. The van der Waals surface area contributed by atoms with Crippen molar-refractivity contribution in [2.75, 3.05) is 11.9 Å². The minimum Gasteiger partial charge on any atom is -0.478 e. The van der Waals surface area contributed by atoms with Gasteiger partial charge in [0.1, 0.15) is 11.9 Å². The van der Waals surface area contributed by atoms with E-state index in [-0.39, 0.29) is 11.9 Å². The Bertz CT molecular complexity index is 595. The normalized spacial score (nSPS) is 16.5. The lowest BCUT2D eigenvalue weighted by Gasteiger charge is -2.23. The molecule has 7 heteroatoms. The number of hydrogen-bond acceptors (Lipinski definition) is 5. The zero-order valence-corrected chi connectivity index (χ0v) is 14.6. The monoisotopic (exact) mass is 346 g/mol. The molecule has 0 saturated heterocycles. The van der Waals surface area contributed by atoms with Crippen molar-refractivity contribution >= 4 is 23.8 Å². The molecule has 0 radical (unpaired) electrons. The van der Waals surface area contributed by atoms with E-state index in [1.807, 2.05) is 6.92 Å². The lowest BCUT2D eigenvalue weighted by atomic mass is 9.89. The van der Waals surface area contributed by atoms with Crippen molar-refractivity contribution < 1.29 is 14.7 Å². The third kappa shape index (κ3) is 6.52. The molecule has 0 aliphatic heterocycles. The molecule has 7 nitrogen and oxygen atoms in total. The molecule has 25 heavy (non-hydrogen) atoms. The van der Waals surface area contributed by atoms with Crippen molar-refractivity contribution in [3.05, 3.63) is 24.2 Å². The molecule has 136 valence electrons. The fraction of sp³-hybridized carbons (Fsp3) is 0.556. The molecule has 0 bridgehead atoms. The summed E-state index contributed by atoms with van der Waals surface area (Å²) in [5.74, 6) is 0.0249. The number of aromatic nitrogens is 2. The van der Waals surface area contributed by atoms with E-state index in [0.29, 0.717) is 23.9 Å². The molecule has 1 aromatic rings. The summed E-state index contributed by atoms with van der Waals surface area (Å²) in [6.45, 7) is 2.68. The molecule has 1 aliphatic carbocycles. The number of nitrogens with one attached hydrogen (secondary N) is 2. The second-order valence-electron chi connectivity index (χ2n) is 6.35. The van der Waals surface area contributed by atoms with E-state index in [1.54, 1.807) is 0 Å². The molecule has 0 aromatic carbocycles. The molecule has 1 aromatic heterocycles. The van der Waals surface area contributed by atoms with Crippen molar-refractivity contribution in [1.29, 1.82) is 0 Å². The lowest BCUT2D eigenvalue weighted by Crippen LogP contribution is -2.41. The van der Waals surface area contributed by atoms with Gasteiger partial charge in [0.05, 0.1) is 18.1 Å². The molecule has 2 rings (SSSR count). The van der Waals surface area contributed by atoms with E-state index in [0.717, 1.165) is 12.6 Å². The summed E-state index contributed by atoms with van der Waals surface area (Å²) in [5, 5.41) is 14.7. The quantitative estimate of drug-likeness (QED) is 0.625. The first-order valence-corrected chi connectivity index (χ1v) is 8.85. The number of carbonyl (C=O) groups is 2. The van der Waals surface area contributed by atoms with Gasteiger partial charge in [0.15, 0.2) is 0 Å². The van der Waals surface area contributed by atoms with E-state index in [9.17, 15) is 9.59 Å². The number of anilines is 1. The van der Waals surface area contributed by atoms with Gasteiger partial charge in [-0.15, -0.1) is 0 Å². The fourth-order valence-corrected chi connectivity index (χ4v) is 2.95. The number of nitrogens with zero attached hydrogens (tertiary/aromatic N) is 2. The first kappa shape index (κ1) is 18.9. The van der Waals surface area contributed by atoms with E-state index >= 15 is 0 Å². The van der Waals surface area contributed by atoms with Crippen molar-refractivity contribution in [1.82, 2.24) is 15.3 Å². The minimum absolute atomic E-state index is 0.0234. The first-order valence-electron chi connectivity index (χ1n) is 8.85. The van der Waals surface area contributed by atoms with Gasteiger partial charge in [-0.25, -0.2) is 9.78 Å². The van der Waals surface area contributed by atoms with Crippen molar-refractivity contribution in [2.24, 2.45) is 5.92 Å². The Balaban J connectivity index is 1.85. The Kier molecular flexibility index (Phi) is 7.37. The van der Waals surface area contributed by atoms with Crippen LogP contribution in [0.15, 0.2) is 18.5 Å². The third-order valence-corrected chi connectivity index (χ3v) is 4.41. The van der Waals surface area contributed by atoms with Crippen LogP contribution in [0.1, 0.15) is 51.1 Å². The van der Waals surface area contributed by atoms with Crippen LogP contribution in [-0.4, -0.2) is 39.5 Å². The van der Waals surface area contributed by atoms with Crippen LogP contribution in [0.3, 0.4) is 0 Å². The summed E-state index contributed by atoms with van der Waals surface area (Å²) in [6.07, 6.45) is 12.2. The topological polar surface area (TPSA) is 104 Å². The highest BCUT2D eigenvalue weighted by Crippen LogP contribution is 2.22. The first-order chi connectivity index (χ1) is 12.1. The SMILES string of the molecule is CC[C@@H](Nc1cnc(C=CC(=O)O)cn1)C(=O)NCC1CCCCC1. The van der Waals surface area contributed by atoms with Crippen molar-refractivity contribution in [3.63, 3.8) is 0 Å². The summed E-state index contributed by atoms with van der Waals surface area (Å²) in [7, 11) is 0. The molecule has 3 N–H and O–H groups in total. The summed E-state index contributed by atoms with van der Waals surface area (Å²) in [4.78, 5) is 31.1. The fourth-order valence-electron chi connectivity index (χ4n) is 2.95. The molecule has 1 heterocycles. The Morgan fingerprint density at radius 3 is 2.64 bits per heavy atom. The number of hydrogen-bond donors (Lipinski definition) is 3. The van der Waals surface area contributed by atoms with Gasteiger partial charge in [0.2, 0.25) is 5.91 Å². The van der Waals surface area contributed by atoms with E-state index in [2.05, 4.69) is 20.6 Å². The van der Waals surface area contributed by atoms with Gasteiger partial charge >= 0.3 is 5.97 Å². The maximum absolute atomic E-state index is 12.4. The van der Waals surface area contributed by atoms with E-state index in [4.69, 9.17) is 5.11 Å². The third-order valence-electron chi connectivity index (χ3n) is 4.41. The van der Waals surface area contributed by atoms with Gasteiger partial charge in [0, 0.05) is 12.6 Å². The van der Waals surface area contributed by atoms with Gasteiger partial charge in [-0.2, -0.15) is 0 Å². The van der Waals surface area contributed by atoms with Gasteiger partial charge in [-0.05, 0) is 31.3 Å². The average Bonchev–Trinajstić information content (AvgIpc) is 2.64. The van der Waals surface area contributed by atoms with Crippen LogP contribution in [0.25, 0.3) is 6.08 Å². The highest BCUT2D eigenvalue weighted by Gasteiger charge is 2.19. The zero-order valence-electron chi connectivity index (χ0n) is 14.6. The molecule has 1 atom stereocenters. The Morgan fingerprint density at radius 2 is 2.04 bits per heavy atom. The van der Waals surface area contributed by atoms with Crippen LogP contribution >= 0.6 is 0 Å². The maximum atomic E-state index is 12.4. The highest BCUT2D eigenvalue weighted by atomic mass is 16.4. The highest BCUT2D eigenvalue weighted by molar-refractivity contribution is 5.85. The predicted molar refractivity (Wildman–Crippen MR) is 96.0 cm³/mol. The number of rotatable bonds is 8. The van der Waals surface area contributed by atoms with E-state index in [1.165, 1.54) is 50.6 Å². The molecule has 1 fully saturated rings. The van der Waals surface area contributed by atoms with Gasteiger partial charge in [0.25, 0.3) is 0 Å². The Morgan fingerprint density at radius 1 is 1.28 bits per heavy atom. The Hall–Kier alpha value is -2.44. The maximum Gasteiger partial charge on any atom is 0.328 e. The van der Waals surface area contributed by atoms with Crippen LogP contribution in [0.4, 0.5) is 5.82 Å². The summed E-state index contributed by atoms with van der Waals surface area (Å²) >= 11 is 0. The van der Waals surface area contributed by atoms with Gasteiger partial charge < -0.3 is 15.7 Å². The van der Waals surface area contributed by atoms with Gasteiger partial charge in [-0.3, -0.25) is 9.78 Å². The number of amides is 1. The summed E-state index contributed by atoms with van der Waals surface area (Å²) < 4.78 is 0. The average molecular weight is 346 g/mol. The summed E-state index contributed by atoms with van der Waals surface area (Å²) in [5.41, 5.74) is 0.447. The number of carbonyl (C=O) groups excluding carboxylic acids is 1. The minimum atomic E-state index is -1.04. The van der Waals surface area contributed by atoms with Crippen molar-refractivity contribution in [3.8, 4) is 0 Å². The van der Waals surface area contributed by atoms with Crippen LogP contribution in [0.2, 0.25) is 0 Å². The molecule has 0 spiro atoms. The molecule has 1 aliphatic rings. The van der Waals surface area contributed by atoms with Crippen molar-refractivity contribution in [2.45, 2.75) is 51.5 Å². The Labute approximate surface area is 148 Å². The van der Waals surface area contributed by atoms with Crippen LogP contribution in [0, 0.1) is 5.92 Å². The molecule has 1 saturated carbocycles.